The Labute approximate surface area is 221 Å². The molecule has 9 atom stereocenters. The second kappa shape index (κ2) is 11.6. The van der Waals surface area contributed by atoms with Crippen LogP contribution in [0.2, 0.25) is 0 Å². The summed E-state index contributed by atoms with van der Waals surface area (Å²) in [6.45, 7) is 12.4. The standard InChI is InChI=1S/C33H56O3/c1-22(2)11-10-12-23(3)27-16-17-28-25-15-14-24-21-30(35)26(13-8-6-7-9-20-34)31(36)33(24,5)29(25)18-19-32(27,28)4/h14-15,22-23,26-31,34-36H,6-13,16-21H2,1-5H3/t23-,26-,27-,28+,29+,30-,31+,32-,33+/m1/s1. The van der Waals surface area contributed by atoms with Crippen molar-refractivity contribution in [3.05, 3.63) is 23.3 Å². The molecule has 0 aromatic heterocycles. The number of aliphatic hydroxyl groups excluding tert-OH is 3. The van der Waals surface area contributed by atoms with E-state index >= 15 is 0 Å². The van der Waals surface area contributed by atoms with E-state index in [2.05, 4.69) is 46.8 Å². The van der Waals surface area contributed by atoms with Gasteiger partial charge < -0.3 is 15.3 Å². The highest BCUT2D eigenvalue weighted by Gasteiger charge is 2.60. The first-order valence-corrected chi connectivity index (χ1v) is 15.5. The van der Waals surface area contributed by atoms with E-state index in [-0.39, 0.29) is 17.9 Å². The third-order valence-corrected chi connectivity index (χ3v) is 11.6. The Morgan fingerprint density at radius 2 is 1.64 bits per heavy atom. The van der Waals surface area contributed by atoms with Crippen molar-refractivity contribution in [2.75, 3.05) is 6.61 Å². The van der Waals surface area contributed by atoms with Crippen molar-refractivity contribution in [2.45, 2.75) is 130 Å². The Bertz CT molecular complexity index is 799. The lowest BCUT2D eigenvalue weighted by molar-refractivity contribution is -0.100. The van der Waals surface area contributed by atoms with E-state index in [1.54, 1.807) is 5.57 Å². The summed E-state index contributed by atoms with van der Waals surface area (Å²) in [4.78, 5) is 0. The molecule has 3 saturated carbocycles. The second-order valence-electron chi connectivity index (χ2n) is 14.1. The largest absolute Gasteiger partial charge is 0.396 e. The van der Waals surface area contributed by atoms with Crippen molar-refractivity contribution in [1.82, 2.24) is 0 Å². The SMILES string of the molecule is CC(C)CCC[C@@H](C)[C@H]1CC[C@H]2C3=CC=C4C[C@@H](O)[C@@H](CCCCCCO)[C@H](O)[C@]4(C)[C@H]3CC[C@]12C. The van der Waals surface area contributed by atoms with E-state index < -0.39 is 12.2 Å². The Morgan fingerprint density at radius 1 is 0.889 bits per heavy atom. The zero-order valence-corrected chi connectivity index (χ0v) is 24.0. The Hall–Kier alpha value is -0.640. The van der Waals surface area contributed by atoms with Crippen molar-refractivity contribution in [3.63, 3.8) is 0 Å². The van der Waals surface area contributed by atoms with Crippen LogP contribution in [0.5, 0.6) is 0 Å². The van der Waals surface area contributed by atoms with Gasteiger partial charge in [-0.25, -0.2) is 0 Å². The maximum Gasteiger partial charge on any atom is 0.0689 e. The summed E-state index contributed by atoms with van der Waals surface area (Å²) in [5.74, 6) is 3.46. The molecule has 0 aromatic rings. The van der Waals surface area contributed by atoms with Gasteiger partial charge in [-0.15, -0.1) is 0 Å². The minimum absolute atomic E-state index is 0.0359. The van der Waals surface area contributed by atoms with Crippen LogP contribution in [0.4, 0.5) is 0 Å². The highest BCUT2D eigenvalue weighted by molar-refractivity contribution is 5.40. The molecule has 4 rings (SSSR count). The van der Waals surface area contributed by atoms with Crippen molar-refractivity contribution in [1.29, 1.82) is 0 Å². The third kappa shape index (κ3) is 5.15. The van der Waals surface area contributed by atoms with Gasteiger partial charge in [0, 0.05) is 17.9 Å². The minimum atomic E-state index is -0.476. The van der Waals surface area contributed by atoms with E-state index in [0.29, 0.717) is 23.7 Å². The van der Waals surface area contributed by atoms with Gasteiger partial charge in [-0.1, -0.05) is 96.4 Å². The van der Waals surface area contributed by atoms with Crippen molar-refractivity contribution in [3.8, 4) is 0 Å². The molecule has 4 aliphatic carbocycles. The molecular weight excluding hydrogens is 444 g/mol. The fraction of sp³-hybridized carbons (Fsp3) is 0.879. The molecule has 3 fully saturated rings. The maximum absolute atomic E-state index is 11.9. The van der Waals surface area contributed by atoms with Gasteiger partial charge in [0.05, 0.1) is 12.2 Å². The fourth-order valence-corrected chi connectivity index (χ4v) is 9.41. The number of allylic oxidation sites excluding steroid dienone is 3. The highest BCUT2D eigenvalue weighted by atomic mass is 16.3. The van der Waals surface area contributed by atoms with Gasteiger partial charge >= 0.3 is 0 Å². The number of hydrogen-bond donors (Lipinski definition) is 3. The molecule has 206 valence electrons. The summed E-state index contributed by atoms with van der Waals surface area (Å²) in [5, 5.41) is 31.9. The molecule has 0 bridgehead atoms. The molecule has 0 unspecified atom stereocenters. The van der Waals surface area contributed by atoms with Crippen LogP contribution in [-0.4, -0.2) is 34.1 Å². The van der Waals surface area contributed by atoms with Crippen molar-refractivity contribution in [2.24, 2.45) is 46.3 Å². The zero-order valence-electron chi connectivity index (χ0n) is 24.0. The maximum atomic E-state index is 11.9. The molecule has 0 aliphatic heterocycles. The molecule has 3 nitrogen and oxygen atoms in total. The van der Waals surface area contributed by atoms with Crippen LogP contribution in [0.1, 0.15) is 118 Å². The van der Waals surface area contributed by atoms with Gasteiger partial charge in [0.2, 0.25) is 0 Å². The Morgan fingerprint density at radius 3 is 2.36 bits per heavy atom. The van der Waals surface area contributed by atoms with Gasteiger partial charge in [-0.05, 0) is 80.0 Å². The Balaban J connectivity index is 1.49. The summed E-state index contributed by atoms with van der Waals surface area (Å²) in [6.07, 6.45) is 18.6. The average Bonchev–Trinajstić information content (AvgIpc) is 3.19. The second-order valence-corrected chi connectivity index (χ2v) is 14.1. The molecule has 0 spiro atoms. The summed E-state index contributed by atoms with van der Waals surface area (Å²) in [7, 11) is 0. The minimum Gasteiger partial charge on any atom is -0.396 e. The molecule has 4 aliphatic rings. The lowest BCUT2D eigenvalue weighted by atomic mass is 9.48. The number of unbranched alkanes of at least 4 members (excludes halogenated alkanes) is 3. The van der Waals surface area contributed by atoms with E-state index in [1.165, 1.54) is 50.5 Å². The molecule has 0 saturated heterocycles. The molecule has 3 N–H and O–H groups in total. The summed E-state index contributed by atoms with van der Waals surface area (Å²) in [5.41, 5.74) is 3.07. The molecule has 0 radical (unpaired) electrons. The lowest BCUT2D eigenvalue weighted by Gasteiger charge is -2.58. The topological polar surface area (TPSA) is 60.7 Å². The van der Waals surface area contributed by atoms with Gasteiger partial charge in [0.1, 0.15) is 0 Å². The van der Waals surface area contributed by atoms with E-state index in [9.17, 15) is 10.2 Å². The molecule has 0 aromatic carbocycles. The fourth-order valence-electron chi connectivity index (χ4n) is 9.41. The highest BCUT2D eigenvalue weighted by Crippen LogP contribution is 2.66. The third-order valence-electron chi connectivity index (χ3n) is 11.6. The number of aliphatic hydroxyl groups is 3. The van der Waals surface area contributed by atoms with Crippen LogP contribution in [0.15, 0.2) is 23.3 Å². The first-order chi connectivity index (χ1) is 17.1. The van der Waals surface area contributed by atoms with Gasteiger partial charge in [-0.2, -0.15) is 0 Å². The molecule has 36 heavy (non-hydrogen) atoms. The lowest BCUT2D eigenvalue weighted by Crippen LogP contribution is -2.56. The predicted molar refractivity (Wildman–Crippen MR) is 149 cm³/mol. The van der Waals surface area contributed by atoms with Crippen LogP contribution in [0, 0.1) is 46.3 Å². The summed E-state index contributed by atoms with van der Waals surface area (Å²) >= 11 is 0. The molecule has 0 amide bonds. The average molecular weight is 501 g/mol. The number of hydrogen-bond acceptors (Lipinski definition) is 3. The van der Waals surface area contributed by atoms with Crippen LogP contribution in [0.3, 0.4) is 0 Å². The number of fused-ring (bicyclic) bond motifs is 5. The quantitative estimate of drug-likeness (QED) is 0.258. The zero-order chi connectivity index (χ0) is 26.1. The van der Waals surface area contributed by atoms with Crippen LogP contribution < -0.4 is 0 Å². The first kappa shape index (κ1) is 28.4. The van der Waals surface area contributed by atoms with Gasteiger partial charge in [0.25, 0.3) is 0 Å². The monoisotopic (exact) mass is 500 g/mol. The Kier molecular flexibility index (Phi) is 9.16. The summed E-state index contributed by atoms with van der Waals surface area (Å²) < 4.78 is 0. The first-order valence-electron chi connectivity index (χ1n) is 15.5. The van der Waals surface area contributed by atoms with E-state index in [1.807, 2.05) is 0 Å². The van der Waals surface area contributed by atoms with Crippen molar-refractivity contribution < 1.29 is 15.3 Å². The van der Waals surface area contributed by atoms with Crippen molar-refractivity contribution >= 4 is 0 Å². The van der Waals surface area contributed by atoms with Gasteiger partial charge in [-0.3, -0.25) is 0 Å². The van der Waals surface area contributed by atoms with E-state index in [0.717, 1.165) is 49.9 Å². The normalized spacial score (nSPS) is 40.8. The van der Waals surface area contributed by atoms with Gasteiger partial charge in [0.15, 0.2) is 0 Å². The van der Waals surface area contributed by atoms with E-state index in [4.69, 9.17) is 5.11 Å². The predicted octanol–water partition coefficient (Wildman–Crippen LogP) is 7.45. The number of rotatable bonds is 11. The molecule has 3 heteroatoms. The molecular formula is C33H56O3. The summed E-state index contributed by atoms with van der Waals surface area (Å²) in [6, 6.07) is 0. The van der Waals surface area contributed by atoms with Crippen LogP contribution in [-0.2, 0) is 0 Å². The van der Waals surface area contributed by atoms with Crippen LogP contribution >= 0.6 is 0 Å². The smallest absolute Gasteiger partial charge is 0.0689 e. The molecule has 0 heterocycles. The van der Waals surface area contributed by atoms with Crippen LogP contribution in [0.25, 0.3) is 0 Å².